The van der Waals surface area contributed by atoms with Crippen molar-refractivity contribution < 1.29 is 17.2 Å². The van der Waals surface area contributed by atoms with Crippen LogP contribution in [0.5, 0.6) is 0 Å². The molecule has 1 saturated heterocycles. The van der Waals surface area contributed by atoms with Crippen LogP contribution in [0.3, 0.4) is 0 Å². The predicted octanol–water partition coefficient (Wildman–Crippen LogP) is -1.34. The minimum atomic E-state index is -0.969. The molecule has 86 valence electrons. The molecule has 9 heteroatoms. The third-order valence-corrected chi connectivity index (χ3v) is 4.86. The molecule has 0 radical (unpaired) electrons. The van der Waals surface area contributed by atoms with Crippen LogP contribution >= 0.6 is 21.6 Å². The first kappa shape index (κ1) is 13.1. The molecule has 2 atom stereocenters. The van der Waals surface area contributed by atoms with Gasteiger partial charge in [-0.2, -0.15) is 0 Å². The van der Waals surface area contributed by atoms with E-state index in [-0.39, 0.29) is 0 Å². The molecule has 1 rings (SSSR count). The summed E-state index contributed by atoms with van der Waals surface area (Å²) < 4.78 is 9.36. The normalized spacial score (nSPS) is 30.0. The summed E-state index contributed by atoms with van der Waals surface area (Å²) in [6.45, 7) is 0. The van der Waals surface area contributed by atoms with Crippen molar-refractivity contribution in [3.8, 4) is 0 Å². The van der Waals surface area contributed by atoms with Gasteiger partial charge < -0.3 is 0 Å². The van der Waals surface area contributed by atoms with Crippen LogP contribution in [-0.2, 0) is 17.2 Å². The van der Waals surface area contributed by atoms with E-state index in [1.165, 1.54) is 21.6 Å². The van der Waals surface area contributed by atoms with E-state index >= 15 is 0 Å². The second-order valence-corrected chi connectivity index (χ2v) is 6.19. The van der Waals surface area contributed by atoms with Crippen LogP contribution in [0.1, 0.15) is 0 Å². The number of carbonyl (C=O) groups excluding carboxylic acids is 2. The molecule has 0 saturated carbocycles. The van der Waals surface area contributed by atoms with E-state index in [4.69, 9.17) is 11.5 Å². The summed E-state index contributed by atoms with van der Waals surface area (Å²) in [4.78, 5) is 22.3. The molecule has 0 aromatic rings. The van der Waals surface area contributed by atoms with Gasteiger partial charge in [-0.1, -0.05) is 0 Å². The average Bonchev–Trinajstić information content (AvgIpc) is 2.23. The molecule has 0 aromatic carbocycles. The Kier molecular flexibility index (Phi) is 5.80. The van der Waals surface area contributed by atoms with E-state index in [9.17, 15) is 9.59 Å². The van der Waals surface area contributed by atoms with Gasteiger partial charge in [0.1, 0.15) is 0 Å². The van der Waals surface area contributed by atoms with Crippen molar-refractivity contribution in [2.24, 2.45) is 11.5 Å². The van der Waals surface area contributed by atoms with Gasteiger partial charge in [-0.05, 0) is 0 Å². The van der Waals surface area contributed by atoms with Gasteiger partial charge in [-0.25, -0.2) is 0 Å². The van der Waals surface area contributed by atoms with Gasteiger partial charge in [0, 0.05) is 0 Å². The first-order valence-corrected chi connectivity index (χ1v) is 7.84. The van der Waals surface area contributed by atoms with Crippen molar-refractivity contribution in [2.45, 2.75) is 12.1 Å². The van der Waals surface area contributed by atoms with E-state index in [0.717, 1.165) is 0 Å². The van der Waals surface area contributed by atoms with Crippen molar-refractivity contribution in [3.63, 3.8) is 0 Å². The number of hydrogen-bond acceptors (Lipinski definition) is 8. The minimum absolute atomic E-state index is 0.431. The molecule has 1 heterocycles. The fraction of sp³-hybridized carbons (Fsp3) is 0.667. The zero-order chi connectivity index (χ0) is 11.3. The maximum absolute atomic E-state index is 11.2. The second kappa shape index (κ2) is 6.62. The molecular formula is C6H10N2O4S2Se. The molecule has 0 bridgehead atoms. The molecule has 0 spiro atoms. The zero-order valence-electron chi connectivity index (χ0n) is 7.58. The zero-order valence-corrected chi connectivity index (χ0v) is 10.9. The van der Waals surface area contributed by atoms with E-state index < -0.39 is 39.6 Å². The first-order chi connectivity index (χ1) is 7.11. The SMILES string of the molecule is NC1CSSCC(N)C(=O)O[Se]OC1=O. The Bertz CT molecular complexity index is 231. The maximum atomic E-state index is 11.2. The van der Waals surface area contributed by atoms with Crippen LogP contribution in [0.4, 0.5) is 0 Å². The van der Waals surface area contributed by atoms with Crippen molar-refractivity contribution in [2.75, 3.05) is 11.5 Å². The molecule has 1 aliphatic rings. The Hall–Kier alpha value is 0.0795. The van der Waals surface area contributed by atoms with Crippen LogP contribution in [0.15, 0.2) is 0 Å². The topological polar surface area (TPSA) is 105 Å². The van der Waals surface area contributed by atoms with Crippen molar-refractivity contribution in [1.82, 2.24) is 0 Å². The first-order valence-electron chi connectivity index (χ1n) is 3.95. The van der Waals surface area contributed by atoms with E-state index in [1.54, 1.807) is 0 Å². The van der Waals surface area contributed by atoms with Crippen molar-refractivity contribution >= 4 is 49.1 Å². The van der Waals surface area contributed by atoms with Gasteiger partial charge >= 0.3 is 101 Å². The van der Waals surface area contributed by atoms with Gasteiger partial charge in [0.25, 0.3) is 0 Å². The van der Waals surface area contributed by atoms with Crippen LogP contribution in [0.2, 0.25) is 0 Å². The standard InChI is InChI=1S/C6H10N2O4S2Se/c7-3-1-13-14-2-4(8)6(10)12-15-11-5(3)9/h3-4H,1-2,7-8H2. The van der Waals surface area contributed by atoms with Gasteiger partial charge in [-0.15, -0.1) is 0 Å². The molecule has 4 N–H and O–H groups in total. The molecular weight excluding hydrogens is 307 g/mol. The molecule has 2 unspecified atom stereocenters. The number of carbonyl (C=O) groups is 2. The second-order valence-electron chi connectivity index (χ2n) is 2.65. The molecule has 0 aliphatic carbocycles. The Balaban J connectivity index is 2.50. The van der Waals surface area contributed by atoms with E-state index in [1.807, 2.05) is 0 Å². The summed E-state index contributed by atoms with van der Waals surface area (Å²) in [5.41, 5.74) is 11.0. The third-order valence-electron chi connectivity index (χ3n) is 1.42. The molecule has 0 aromatic heterocycles. The quantitative estimate of drug-likeness (QED) is 0.418. The Labute approximate surface area is 101 Å². The number of rotatable bonds is 0. The molecule has 15 heavy (non-hydrogen) atoms. The summed E-state index contributed by atoms with van der Waals surface area (Å²) in [5.74, 6) is -0.237. The Morgan fingerprint density at radius 3 is 1.87 bits per heavy atom. The summed E-state index contributed by atoms with van der Waals surface area (Å²) >= 11 is -0.969. The van der Waals surface area contributed by atoms with Gasteiger partial charge in [0.15, 0.2) is 0 Å². The fourth-order valence-electron chi connectivity index (χ4n) is 0.587. The van der Waals surface area contributed by atoms with Crippen molar-refractivity contribution in [1.29, 1.82) is 0 Å². The Morgan fingerprint density at radius 2 is 1.47 bits per heavy atom. The van der Waals surface area contributed by atoms with Gasteiger partial charge in [0.2, 0.25) is 0 Å². The summed E-state index contributed by atoms with van der Waals surface area (Å²) in [7, 11) is 2.78. The summed E-state index contributed by atoms with van der Waals surface area (Å²) in [6.07, 6.45) is 0. The third kappa shape index (κ3) is 4.62. The van der Waals surface area contributed by atoms with E-state index in [0.29, 0.717) is 11.5 Å². The predicted molar refractivity (Wildman–Crippen MR) is 58.8 cm³/mol. The summed E-state index contributed by atoms with van der Waals surface area (Å²) in [5, 5.41) is 0. The number of hydrogen-bond donors (Lipinski definition) is 2. The van der Waals surface area contributed by atoms with Crippen molar-refractivity contribution in [3.05, 3.63) is 0 Å². The van der Waals surface area contributed by atoms with Crippen LogP contribution in [0, 0.1) is 0 Å². The average molecular weight is 317 g/mol. The number of nitrogens with two attached hydrogens (primary N) is 2. The van der Waals surface area contributed by atoms with Crippen LogP contribution in [-0.4, -0.2) is 51.1 Å². The molecule has 0 amide bonds. The van der Waals surface area contributed by atoms with Crippen LogP contribution < -0.4 is 11.5 Å². The molecule has 1 fully saturated rings. The molecule has 1 aliphatic heterocycles. The Morgan fingerprint density at radius 1 is 1.07 bits per heavy atom. The molecule has 6 nitrogen and oxygen atoms in total. The van der Waals surface area contributed by atoms with Gasteiger partial charge in [0.05, 0.1) is 0 Å². The summed E-state index contributed by atoms with van der Waals surface area (Å²) in [6, 6.07) is -1.37. The monoisotopic (exact) mass is 318 g/mol. The van der Waals surface area contributed by atoms with Crippen LogP contribution in [0.25, 0.3) is 0 Å². The fourth-order valence-corrected chi connectivity index (χ4v) is 3.67. The van der Waals surface area contributed by atoms with Gasteiger partial charge in [-0.3, -0.25) is 0 Å². The van der Waals surface area contributed by atoms with E-state index in [2.05, 4.69) is 7.64 Å².